The van der Waals surface area contributed by atoms with Crippen LogP contribution in [0.4, 0.5) is 4.79 Å². The molecule has 110 valence electrons. The van der Waals surface area contributed by atoms with Crippen LogP contribution in [0.5, 0.6) is 0 Å². The first-order valence-corrected chi connectivity index (χ1v) is 6.56. The molecule has 2 fully saturated rings. The lowest BCUT2D eigenvalue weighted by atomic mass is 10.0. The summed E-state index contributed by atoms with van der Waals surface area (Å²) in [5, 5.41) is 0. The van der Waals surface area contributed by atoms with Crippen LogP contribution < -0.4 is 0 Å². The van der Waals surface area contributed by atoms with Crippen molar-refractivity contribution in [3.8, 4) is 0 Å². The number of carbonyl (C=O) groups excluding carboxylic acids is 1. The fourth-order valence-electron chi connectivity index (χ4n) is 2.68. The van der Waals surface area contributed by atoms with Crippen molar-refractivity contribution in [2.24, 2.45) is 5.92 Å². The van der Waals surface area contributed by atoms with Crippen molar-refractivity contribution in [1.29, 1.82) is 0 Å². The van der Waals surface area contributed by atoms with Gasteiger partial charge in [0.1, 0.15) is 5.60 Å². The summed E-state index contributed by atoms with van der Waals surface area (Å²) < 4.78 is 21.7. The molecule has 0 aromatic heterocycles. The first-order valence-electron chi connectivity index (χ1n) is 6.56. The third kappa shape index (κ3) is 3.01. The molecule has 2 unspecified atom stereocenters. The fourth-order valence-corrected chi connectivity index (χ4v) is 2.68. The maximum absolute atomic E-state index is 12.2. The molecule has 4 atom stereocenters. The van der Waals surface area contributed by atoms with Gasteiger partial charge in [-0.1, -0.05) is 0 Å². The van der Waals surface area contributed by atoms with E-state index in [1.807, 2.05) is 20.8 Å². The highest BCUT2D eigenvalue weighted by Gasteiger charge is 2.50. The summed E-state index contributed by atoms with van der Waals surface area (Å²) >= 11 is 0. The molecule has 2 heterocycles. The standard InChI is InChI=1S/C13H23NO5/c1-13(2,3)19-12(15)14-7-8-6-9(14)11(17-5)18-10(8)16-4/h8-11H,6-7H2,1-5H3/t8-,9-,10?,11?/m1/s1. The topological polar surface area (TPSA) is 57.2 Å². The van der Waals surface area contributed by atoms with Crippen molar-refractivity contribution in [2.45, 2.75) is 51.4 Å². The normalized spacial score (nSPS) is 34.5. The summed E-state index contributed by atoms with van der Waals surface area (Å²) in [4.78, 5) is 13.9. The molecule has 6 heteroatoms. The first kappa shape index (κ1) is 14.6. The number of likely N-dealkylation sites (tertiary alicyclic amines) is 1. The Morgan fingerprint density at radius 1 is 1.21 bits per heavy atom. The van der Waals surface area contributed by atoms with Gasteiger partial charge in [-0.15, -0.1) is 0 Å². The Hall–Kier alpha value is -0.850. The molecule has 19 heavy (non-hydrogen) atoms. The van der Waals surface area contributed by atoms with Gasteiger partial charge in [0.2, 0.25) is 0 Å². The third-order valence-electron chi connectivity index (χ3n) is 3.44. The lowest BCUT2D eigenvalue weighted by molar-refractivity contribution is -0.270. The predicted molar refractivity (Wildman–Crippen MR) is 67.5 cm³/mol. The van der Waals surface area contributed by atoms with Crippen molar-refractivity contribution < 1.29 is 23.7 Å². The Balaban J connectivity index is 2.09. The van der Waals surface area contributed by atoms with Crippen molar-refractivity contribution >= 4 is 6.09 Å². The lowest BCUT2D eigenvalue weighted by Gasteiger charge is -2.34. The lowest BCUT2D eigenvalue weighted by Crippen LogP contribution is -2.47. The number of amides is 1. The van der Waals surface area contributed by atoms with E-state index in [0.29, 0.717) is 6.54 Å². The summed E-state index contributed by atoms with van der Waals surface area (Å²) in [5.74, 6) is 0.175. The zero-order valence-corrected chi connectivity index (χ0v) is 12.2. The zero-order valence-electron chi connectivity index (χ0n) is 12.2. The van der Waals surface area contributed by atoms with Gasteiger partial charge in [0.05, 0.1) is 6.04 Å². The maximum atomic E-state index is 12.2. The van der Waals surface area contributed by atoms with Crippen LogP contribution in [0.15, 0.2) is 0 Å². The average Bonchev–Trinajstić information content (AvgIpc) is 2.68. The highest BCUT2D eigenvalue weighted by atomic mass is 16.8. The molecule has 2 saturated heterocycles. The van der Waals surface area contributed by atoms with Gasteiger partial charge in [-0.05, 0) is 27.2 Å². The van der Waals surface area contributed by atoms with Gasteiger partial charge in [-0.25, -0.2) is 4.79 Å². The van der Waals surface area contributed by atoms with E-state index >= 15 is 0 Å². The largest absolute Gasteiger partial charge is 0.444 e. The second kappa shape index (κ2) is 5.26. The summed E-state index contributed by atoms with van der Waals surface area (Å²) in [6.07, 6.45) is -0.289. The Morgan fingerprint density at radius 2 is 1.84 bits per heavy atom. The van der Waals surface area contributed by atoms with E-state index in [1.54, 1.807) is 19.1 Å². The molecule has 2 rings (SSSR count). The van der Waals surface area contributed by atoms with E-state index in [1.165, 1.54) is 0 Å². The second-order valence-corrected chi connectivity index (χ2v) is 6.04. The minimum atomic E-state index is -0.502. The number of hydrogen-bond acceptors (Lipinski definition) is 5. The predicted octanol–water partition coefficient (Wildman–Crippen LogP) is 1.59. The molecule has 0 saturated carbocycles. The van der Waals surface area contributed by atoms with Crippen LogP contribution in [0.2, 0.25) is 0 Å². The Bertz CT molecular complexity index is 340. The maximum Gasteiger partial charge on any atom is 0.410 e. The Morgan fingerprint density at radius 3 is 2.37 bits per heavy atom. The highest BCUT2D eigenvalue weighted by Crippen LogP contribution is 2.37. The van der Waals surface area contributed by atoms with Crippen LogP contribution in [0.1, 0.15) is 27.2 Å². The van der Waals surface area contributed by atoms with E-state index < -0.39 is 11.9 Å². The van der Waals surface area contributed by atoms with Crippen molar-refractivity contribution in [3.63, 3.8) is 0 Å². The van der Waals surface area contributed by atoms with Crippen molar-refractivity contribution in [1.82, 2.24) is 4.90 Å². The van der Waals surface area contributed by atoms with Gasteiger partial charge in [0.15, 0.2) is 12.6 Å². The highest BCUT2D eigenvalue weighted by molar-refractivity contribution is 5.69. The van der Waals surface area contributed by atoms with Crippen LogP contribution in [-0.2, 0) is 18.9 Å². The molecule has 2 bridgehead atoms. The molecule has 0 spiro atoms. The van der Waals surface area contributed by atoms with Crippen LogP contribution in [0, 0.1) is 5.92 Å². The SMILES string of the molecule is COC1OC(OC)[C@H]2C[C@@H]1CN2C(=O)OC(C)(C)C. The Kier molecular flexibility index (Phi) is 4.03. The van der Waals surface area contributed by atoms with E-state index in [9.17, 15) is 4.79 Å². The number of rotatable bonds is 2. The minimum absolute atomic E-state index is 0.101. The van der Waals surface area contributed by atoms with Crippen LogP contribution in [0.25, 0.3) is 0 Å². The third-order valence-corrected chi connectivity index (χ3v) is 3.44. The fraction of sp³-hybridized carbons (Fsp3) is 0.923. The number of ether oxygens (including phenoxy) is 4. The second-order valence-electron chi connectivity index (χ2n) is 6.04. The summed E-state index contributed by atoms with van der Waals surface area (Å²) in [5.41, 5.74) is -0.502. The van der Waals surface area contributed by atoms with E-state index in [4.69, 9.17) is 18.9 Å². The molecule has 0 radical (unpaired) electrons. The van der Waals surface area contributed by atoms with Gasteiger partial charge in [-0.3, -0.25) is 4.90 Å². The molecular weight excluding hydrogens is 250 g/mol. The molecule has 6 nitrogen and oxygen atoms in total. The molecule has 0 N–H and O–H groups in total. The summed E-state index contributed by atoms with van der Waals surface area (Å²) in [6.45, 7) is 6.15. The summed E-state index contributed by atoms with van der Waals surface area (Å²) in [6, 6.07) is -0.101. The number of carbonyl (C=O) groups is 1. The first-order chi connectivity index (χ1) is 8.85. The van der Waals surface area contributed by atoms with Crippen molar-refractivity contribution in [3.05, 3.63) is 0 Å². The number of methoxy groups -OCH3 is 2. The van der Waals surface area contributed by atoms with Gasteiger partial charge in [-0.2, -0.15) is 0 Å². The van der Waals surface area contributed by atoms with Crippen LogP contribution in [0.3, 0.4) is 0 Å². The zero-order chi connectivity index (χ0) is 14.2. The van der Waals surface area contributed by atoms with Crippen molar-refractivity contribution in [2.75, 3.05) is 20.8 Å². The molecule has 0 aromatic carbocycles. The molecule has 1 amide bonds. The monoisotopic (exact) mass is 273 g/mol. The number of nitrogens with zero attached hydrogens (tertiary/aromatic N) is 1. The number of fused-ring (bicyclic) bond motifs is 2. The summed E-state index contributed by atoms with van der Waals surface area (Å²) in [7, 11) is 3.18. The minimum Gasteiger partial charge on any atom is -0.444 e. The van der Waals surface area contributed by atoms with Crippen LogP contribution >= 0.6 is 0 Å². The van der Waals surface area contributed by atoms with Crippen LogP contribution in [-0.4, -0.2) is 56.0 Å². The molecular formula is C13H23NO5. The Labute approximate surface area is 113 Å². The van der Waals surface area contributed by atoms with Gasteiger partial charge >= 0.3 is 6.09 Å². The quantitative estimate of drug-likeness (QED) is 0.764. The smallest absolute Gasteiger partial charge is 0.410 e. The van der Waals surface area contributed by atoms with E-state index in [0.717, 1.165) is 6.42 Å². The van der Waals surface area contributed by atoms with Gasteiger partial charge < -0.3 is 18.9 Å². The number of hydrogen-bond donors (Lipinski definition) is 0. The molecule has 0 aliphatic carbocycles. The molecule has 2 aliphatic heterocycles. The molecule has 0 aromatic rings. The van der Waals surface area contributed by atoms with E-state index in [2.05, 4.69) is 0 Å². The van der Waals surface area contributed by atoms with Gasteiger partial charge in [0.25, 0.3) is 0 Å². The average molecular weight is 273 g/mol. The van der Waals surface area contributed by atoms with E-state index in [-0.39, 0.29) is 24.3 Å². The molecule has 2 aliphatic rings. The van der Waals surface area contributed by atoms with Gasteiger partial charge in [0, 0.05) is 26.7 Å².